The molecule has 0 nitrogen and oxygen atoms in total. The lowest BCUT2D eigenvalue weighted by molar-refractivity contribution is -0.00000529. The molecule has 5 rings (SSSR count). The zero-order valence-electron chi connectivity index (χ0n) is 16.1. The highest BCUT2D eigenvalue weighted by atomic mass is 35.5. The molecule has 0 fully saturated rings. The molecule has 0 radical (unpaired) electrons. The summed E-state index contributed by atoms with van der Waals surface area (Å²) in [5, 5.41) is 4.31. The first-order valence-electron chi connectivity index (χ1n) is 9.72. The van der Waals surface area contributed by atoms with Crippen molar-refractivity contribution >= 4 is 35.3 Å². The van der Waals surface area contributed by atoms with Gasteiger partial charge in [-0.2, -0.15) is 0 Å². The summed E-state index contributed by atoms with van der Waals surface area (Å²) in [4.78, 5) is 0. The minimum atomic E-state index is -1.81. The molecule has 0 heterocycles. The van der Waals surface area contributed by atoms with Crippen LogP contribution in [-0.2, 0) is 6.16 Å². The maximum Gasteiger partial charge on any atom is 0.116 e. The largest absolute Gasteiger partial charge is 1.00 e. The molecule has 0 unspecified atom stereocenters. The fourth-order valence-corrected chi connectivity index (χ4v) is 8.37. The van der Waals surface area contributed by atoms with Gasteiger partial charge in [-0.15, -0.1) is 0 Å². The van der Waals surface area contributed by atoms with E-state index in [0.29, 0.717) is 0 Å². The van der Waals surface area contributed by atoms with E-state index in [1.54, 1.807) is 0 Å². The molecular weight excluding hydrogens is 391 g/mol. The molecule has 0 saturated carbocycles. The molecule has 0 aliphatic heterocycles. The highest BCUT2D eigenvalue weighted by Gasteiger charge is 2.45. The molecule has 0 saturated heterocycles. The molecule has 0 atom stereocenters. The number of hydrogen-bond acceptors (Lipinski definition) is 0. The second-order valence-electron chi connectivity index (χ2n) is 7.27. The van der Waals surface area contributed by atoms with Gasteiger partial charge in [0.05, 0.1) is 6.16 Å². The van der Waals surface area contributed by atoms with Gasteiger partial charge < -0.3 is 12.4 Å². The molecule has 4 aromatic carbocycles. The van der Waals surface area contributed by atoms with Gasteiger partial charge in [-0.05, 0) is 59.2 Å². The maximum atomic E-state index is 2.37. The van der Waals surface area contributed by atoms with Crippen molar-refractivity contribution in [3.05, 3.63) is 126 Å². The van der Waals surface area contributed by atoms with Crippen LogP contribution in [0.25, 0.3) is 12.2 Å². The van der Waals surface area contributed by atoms with Crippen LogP contribution in [0.3, 0.4) is 0 Å². The summed E-state index contributed by atoms with van der Waals surface area (Å²) < 4.78 is 0. The standard InChI is InChI=1S/C27H22P.ClH/c1-4-10-25(11-5-1)28(26-12-6-2-7-13-26,27-14-8-3-9-15-27)21-22-16-17-23-18-19-24(23)20-22;/h1-20H,21H2;1H/q+1;/p-1. The van der Waals surface area contributed by atoms with Gasteiger partial charge in [0.15, 0.2) is 0 Å². The third-order valence-corrected chi connectivity index (χ3v) is 9.98. The van der Waals surface area contributed by atoms with E-state index in [1.807, 2.05) is 0 Å². The Kier molecular flexibility index (Phi) is 5.67. The summed E-state index contributed by atoms with van der Waals surface area (Å²) in [5.41, 5.74) is 4.13. The average Bonchev–Trinajstić information content (AvgIpc) is 2.76. The number of fused-ring (bicyclic) bond motifs is 1. The summed E-state index contributed by atoms with van der Waals surface area (Å²) >= 11 is 0. The first kappa shape index (κ1) is 19.6. The molecule has 0 bridgehead atoms. The lowest BCUT2D eigenvalue weighted by Crippen LogP contribution is -3.00. The first-order valence-corrected chi connectivity index (χ1v) is 11.7. The predicted octanol–water partition coefficient (Wildman–Crippen LogP) is 2.67. The third kappa shape index (κ3) is 3.55. The Morgan fingerprint density at radius 1 is 0.483 bits per heavy atom. The van der Waals surface area contributed by atoms with E-state index < -0.39 is 7.26 Å². The van der Waals surface area contributed by atoms with E-state index in [1.165, 1.54) is 32.6 Å². The predicted molar refractivity (Wildman–Crippen MR) is 124 cm³/mol. The molecule has 0 amide bonds. The molecule has 0 N–H and O–H groups in total. The zero-order valence-corrected chi connectivity index (χ0v) is 17.7. The molecule has 1 aliphatic carbocycles. The quantitative estimate of drug-likeness (QED) is 0.389. The lowest BCUT2D eigenvalue weighted by Gasteiger charge is -2.28. The van der Waals surface area contributed by atoms with Gasteiger partial charge in [0, 0.05) is 0 Å². The van der Waals surface area contributed by atoms with Crippen LogP contribution in [0.5, 0.6) is 0 Å². The SMILES string of the molecule is C1=Cc2cc(C[P+](c3ccccc3)(c3ccccc3)c3ccccc3)ccc21.[Cl-]. The fourth-order valence-electron chi connectivity index (χ4n) is 4.14. The molecule has 29 heavy (non-hydrogen) atoms. The van der Waals surface area contributed by atoms with Gasteiger partial charge in [-0.3, -0.25) is 0 Å². The van der Waals surface area contributed by atoms with Crippen molar-refractivity contribution in [1.82, 2.24) is 0 Å². The number of benzene rings is 4. The van der Waals surface area contributed by atoms with Crippen LogP contribution in [0.15, 0.2) is 109 Å². The smallest absolute Gasteiger partial charge is 0.116 e. The van der Waals surface area contributed by atoms with E-state index in [9.17, 15) is 0 Å². The summed E-state index contributed by atoms with van der Waals surface area (Å²) in [5.74, 6) is 0. The van der Waals surface area contributed by atoms with Gasteiger partial charge >= 0.3 is 0 Å². The molecule has 142 valence electrons. The summed E-state index contributed by atoms with van der Waals surface area (Å²) in [6, 6.07) is 40.2. The van der Waals surface area contributed by atoms with E-state index in [2.05, 4.69) is 121 Å². The lowest BCUT2D eigenvalue weighted by atomic mass is 9.96. The normalized spacial score (nSPS) is 11.9. The summed E-state index contributed by atoms with van der Waals surface area (Å²) in [6.45, 7) is 0. The van der Waals surface area contributed by atoms with Gasteiger partial charge in [0.25, 0.3) is 0 Å². The Morgan fingerprint density at radius 3 is 1.31 bits per heavy atom. The van der Waals surface area contributed by atoms with Crippen LogP contribution in [0.1, 0.15) is 16.7 Å². The van der Waals surface area contributed by atoms with Crippen LogP contribution < -0.4 is 28.3 Å². The van der Waals surface area contributed by atoms with Gasteiger partial charge in [-0.1, -0.05) is 78.9 Å². The van der Waals surface area contributed by atoms with E-state index in [0.717, 1.165) is 6.16 Å². The molecule has 4 aromatic rings. The summed E-state index contributed by atoms with van der Waals surface area (Å²) in [7, 11) is -1.81. The maximum absolute atomic E-state index is 2.37. The van der Waals surface area contributed by atoms with Crippen LogP contribution in [0, 0.1) is 0 Å². The number of hydrogen-bond donors (Lipinski definition) is 0. The van der Waals surface area contributed by atoms with Gasteiger partial charge in [0.2, 0.25) is 0 Å². The van der Waals surface area contributed by atoms with Crippen LogP contribution in [0.4, 0.5) is 0 Å². The number of rotatable bonds is 5. The van der Waals surface area contributed by atoms with E-state index in [-0.39, 0.29) is 12.4 Å². The highest BCUT2D eigenvalue weighted by molar-refractivity contribution is 7.95. The van der Waals surface area contributed by atoms with E-state index >= 15 is 0 Å². The van der Waals surface area contributed by atoms with Crippen LogP contribution in [0.2, 0.25) is 0 Å². The molecule has 0 aromatic heterocycles. The molecule has 2 heteroatoms. The minimum absolute atomic E-state index is 0. The van der Waals surface area contributed by atoms with Crippen molar-refractivity contribution in [2.45, 2.75) is 6.16 Å². The second-order valence-corrected chi connectivity index (χ2v) is 10.8. The number of halogens is 1. The summed E-state index contributed by atoms with van der Waals surface area (Å²) in [6.07, 6.45) is 5.44. The third-order valence-electron chi connectivity index (χ3n) is 5.60. The van der Waals surface area contributed by atoms with Crippen molar-refractivity contribution in [3.63, 3.8) is 0 Å². The van der Waals surface area contributed by atoms with Crippen molar-refractivity contribution in [2.24, 2.45) is 0 Å². The zero-order chi connectivity index (χ0) is 18.8. The van der Waals surface area contributed by atoms with Gasteiger partial charge in [0.1, 0.15) is 23.2 Å². The topological polar surface area (TPSA) is 0 Å². The van der Waals surface area contributed by atoms with Crippen molar-refractivity contribution in [3.8, 4) is 0 Å². The van der Waals surface area contributed by atoms with Crippen LogP contribution in [-0.4, -0.2) is 0 Å². The van der Waals surface area contributed by atoms with Crippen molar-refractivity contribution < 1.29 is 12.4 Å². The Balaban J connectivity index is 0.00000205. The highest BCUT2D eigenvalue weighted by Crippen LogP contribution is 2.58. The van der Waals surface area contributed by atoms with E-state index in [4.69, 9.17) is 0 Å². The Morgan fingerprint density at radius 2 is 0.931 bits per heavy atom. The Bertz CT molecular complexity index is 1020. The van der Waals surface area contributed by atoms with Crippen molar-refractivity contribution in [1.29, 1.82) is 0 Å². The van der Waals surface area contributed by atoms with Crippen molar-refractivity contribution in [2.75, 3.05) is 0 Å². The molecular formula is C27H22ClP. The monoisotopic (exact) mass is 412 g/mol. The fraction of sp³-hybridized carbons (Fsp3) is 0.0370. The molecule has 0 spiro atoms. The van der Waals surface area contributed by atoms with Gasteiger partial charge in [-0.25, -0.2) is 0 Å². The Labute approximate surface area is 179 Å². The second kappa shape index (κ2) is 8.37. The average molecular weight is 413 g/mol. The first-order chi connectivity index (χ1) is 13.9. The van der Waals surface area contributed by atoms with Crippen LogP contribution >= 0.6 is 7.26 Å². The Hall–Kier alpha value is -2.66. The molecule has 1 aliphatic rings. The minimum Gasteiger partial charge on any atom is -1.00 e.